The number of ether oxygens (including phenoxy) is 1. The molecule has 2 aromatic heterocycles. The molecule has 5 atom stereocenters. The van der Waals surface area contributed by atoms with Gasteiger partial charge in [-0.05, 0) is 50.5 Å². The quantitative estimate of drug-likeness (QED) is 0.142. The molecule has 290 valence electrons. The zero-order chi connectivity index (χ0) is 38.5. The van der Waals surface area contributed by atoms with Crippen LogP contribution in [0.2, 0.25) is 0 Å². The van der Waals surface area contributed by atoms with Crippen LogP contribution in [0.3, 0.4) is 0 Å². The molecule has 2 amide bonds. The largest absolute Gasteiger partial charge is 0.490 e. The fraction of sp³-hybridized carbons (Fsp3) is 0.475. The summed E-state index contributed by atoms with van der Waals surface area (Å²) in [4.78, 5) is 35.7. The van der Waals surface area contributed by atoms with Gasteiger partial charge < -0.3 is 30.0 Å². The summed E-state index contributed by atoms with van der Waals surface area (Å²) in [7, 11) is 0. The number of benzene rings is 2. The van der Waals surface area contributed by atoms with Crippen LogP contribution in [0.5, 0.6) is 5.75 Å². The van der Waals surface area contributed by atoms with Crippen LogP contribution in [-0.2, 0) is 21.5 Å². The molecule has 0 aliphatic carbocycles. The Labute approximate surface area is 312 Å². The number of fused-ring (bicyclic) bond motifs is 2. The second kappa shape index (κ2) is 16.9. The summed E-state index contributed by atoms with van der Waals surface area (Å²) >= 11 is 0. The van der Waals surface area contributed by atoms with Crippen LogP contribution in [-0.4, -0.2) is 113 Å². The van der Waals surface area contributed by atoms with Crippen LogP contribution in [0, 0.1) is 5.92 Å². The van der Waals surface area contributed by atoms with Gasteiger partial charge in [0.25, 0.3) is 0 Å². The molecule has 0 spiro atoms. The SMILES string of the molecule is CC(C)(c1cc2cnccc2o1)N1CCN(C[C@@H](O)C[C@@H](Cc2ccccc2)C(=O)N[C@H]2c3ccccc3OC[C@H]2O)[C@H](C(=O)NC(CF)(CF)CF)C1. The lowest BCUT2D eigenvalue weighted by molar-refractivity contribution is -0.135. The number of rotatable bonds is 15. The van der Waals surface area contributed by atoms with Gasteiger partial charge in [0.05, 0.1) is 17.7 Å². The van der Waals surface area contributed by atoms with Crippen LogP contribution < -0.4 is 15.4 Å². The van der Waals surface area contributed by atoms with Gasteiger partial charge in [-0.15, -0.1) is 0 Å². The topological polar surface area (TPSA) is 140 Å². The van der Waals surface area contributed by atoms with Crippen LogP contribution in [0.4, 0.5) is 13.2 Å². The average Bonchev–Trinajstić information content (AvgIpc) is 3.64. The minimum Gasteiger partial charge on any atom is -0.490 e. The lowest BCUT2D eigenvalue weighted by atomic mass is 9.90. The Bertz CT molecular complexity index is 1830. The van der Waals surface area contributed by atoms with E-state index < -0.39 is 67.2 Å². The number of β-amino-alcohol motifs (C(OH)–C–C–N with tert-alkyl or cyclic N) is 1. The third-order valence-electron chi connectivity index (χ3n) is 10.7. The number of carbonyl (C=O) groups is 2. The number of alkyl halides is 3. The summed E-state index contributed by atoms with van der Waals surface area (Å²) < 4.78 is 53.7. The number of halogens is 3. The summed E-state index contributed by atoms with van der Waals surface area (Å²) in [6, 6.07) is 18.4. The van der Waals surface area contributed by atoms with E-state index in [0.717, 1.165) is 10.9 Å². The number of amides is 2. The van der Waals surface area contributed by atoms with Crippen molar-refractivity contribution in [2.24, 2.45) is 5.92 Å². The summed E-state index contributed by atoms with van der Waals surface area (Å²) in [6.45, 7) is 0.254. The molecule has 2 aliphatic rings. The first-order valence-electron chi connectivity index (χ1n) is 18.2. The molecule has 2 aliphatic heterocycles. The zero-order valence-electron chi connectivity index (χ0n) is 30.5. The molecule has 0 saturated carbocycles. The van der Waals surface area contributed by atoms with Gasteiger partial charge in [0, 0.05) is 55.4 Å². The Morgan fingerprint density at radius 3 is 2.46 bits per heavy atom. The predicted octanol–water partition coefficient (Wildman–Crippen LogP) is 4.03. The van der Waals surface area contributed by atoms with Crippen LogP contribution in [0.1, 0.15) is 43.2 Å². The normalized spacial score (nSPS) is 20.8. The molecule has 1 saturated heterocycles. The van der Waals surface area contributed by atoms with Crippen molar-refractivity contribution in [1.82, 2.24) is 25.4 Å². The lowest BCUT2D eigenvalue weighted by Crippen LogP contribution is -2.66. The number of para-hydroxylation sites is 1. The molecular formula is C40H48F3N5O6. The van der Waals surface area contributed by atoms with Gasteiger partial charge in [0.1, 0.15) is 61.4 Å². The molecule has 14 heteroatoms. The first kappa shape index (κ1) is 39.2. The van der Waals surface area contributed by atoms with Crippen molar-refractivity contribution in [3.63, 3.8) is 0 Å². The van der Waals surface area contributed by atoms with Crippen LogP contribution in [0.15, 0.2) is 83.5 Å². The highest BCUT2D eigenvalue weighted by molar-refractivity contribution is 5.83. The average molecular weight is 752 g/mol. The summed E-state index contributed by atoms with van der Waals surface area (Å²) in [5.74, 6) is -0.712. The molecule has 4 aromatic rings. The number of aliphatic hydroxyl groups excluding tert-OH is 2. The number of furan rings is 1. The minimum atomic E-state index is -2.32. The van der Waals surface area contributed by atoms with Crippen molar-refractivity contribution in [1.29, 1.82) is 0 Å². The number of piperazine rings is 1. The molecule has 4 heterocycles. The van der Waals surface area contributed by atoms with Crippen molar-refractivity contribution < 1.29 is 42.1 Å². The van der Waals surface area contributed by atoms with Crippen LogP contribution >= 0.6 is 0 Å². The fourth-order valence-corrected chi connectivity index (χ4v) is 7.34. The number of hydrogen-bond acceptors (Lipinski definition) is 9. The second-order valence-corrected chi connectivity index (χ2v) is 14.9. The van der Waals surface area contributed by atoms with Crippen molar-refractivity contribution in [2.75, 3.05) is 52.8 Å². The van der Waals surface area contributed by atoms with E-state index >= 15 is 0 Å². The highest BCUT2D eigenvalue weighted by Gasteiger charge is 2.44. The van der Waals surface area contributed by atoms with E-state index in [1.807, 2.05) is 61.2 Å². The number of nitrogens with one attached hydrogen (secondary N) is 2. The minimum absolute atomic E-state index is 0.00185. The first-order valence-corrected chi connectivity index (χ1v) is 18.2. The van der Waals surface area contributed by atoms with E-state index in [0.29, 0.717) is 29.2 Å². The second-order valence-electron chi connectivity index (χ2n) is 14.9. The van der Waals surface area contributed by atoms with Crippen molar-refractivity contribution in [3.8, 4) is 5.75 Å². The van der Waals surface area contributed by atoms with Gasteiger partial charge >= 0.3 is 0 Å². The number of carbonyl (C=O) groups excluding carboxylic acids is 2. The standard InChI is InChI=1S/C40H48F3N5O6/c1-39(2,35-18-28-19-44-13-12-33(28)54-35)48-15-14-47(31(21-48)38(52)46-40(23-41,24-42)25-43)20-29(49)17-27(16-26-8-4-3-5-9-26)37(51)45-36-30-10-6-7-11-34(30)53-22-32(36)50/h3-13,18-19,27,29,31-32,36,49-50H,14-17,20-25H2,1-2H3,(H,45,51)(H,46,52)/t27-,29+,31+,32-,36+/m1/s1. The van der Waals surface area contributed by atoms with Crippen molar-refractivity contribution in [2.45, 2.75) is 62.1 Å². The molecule has 0 bridgehead atoms. The maximum Gasteiger partial charge on any atom is 0.239 e. The first-order chi connectivity index (χ1) is 26.0. The smallest absolute Gasteiger partial charge is 0.239 e. The third-order valence-corrected chi connectivity index (χ3v) is 10.7. The molecule has 4 N–H and O–H groups in total. The maximum atomic E-state index is 14.0. The predicted molar refractivity (Wildman–Crippen MR) is 196 cm³/mol. The van der Waals surface area contributed by atoms with Gasteiger partial charge in [-0.2, -0.15) is 0 Å². The van der Waals surface area contributed by atoms with Gasteiger partial charge in [0.2, 0.25) is 11.8 Å². The van der Waals surface area contributed by atoms with E-state index in [4.69, 9.17) is 9.15 Å². The number of aromatic nitrogens is 1. The highest BCUT2D eigenvalue weighted by Crippen LogP contribution is 2.35. The summed E-state index contributed by atoms with van der Waals surface area (Å²) in [5, 5.41) is 28.5. The van der Waals surface area contributed by atoms with Gasteiger partial charge in [0.15, 0.2) is 0 Å². The number of nitrogens with zero attached hydrogens (tertiary/aromatic N) is 3. The van der Waals surface area contributed by atoms with E-state index in [1.54, 1.807) is 41.6 Å². The van der Waals surface area contributed by atoms with E-state index in [2.05, 4.69) is 15.6 Å². The van der Waals surface area contributed by atoms with Gasteiger partial charge in [-0.25, -0.2) is 13.2 Å². The van der Waals surface area contributed by atoms with Crippen molar-refractivity contribution >= 4 is 22.8 Å². The van der Waals surface area contributed by atoms with Gasteiger partial charge in [-0.3, -0.25) is 24.4 Å². The Kier molecular flexibility index (Phi) is 12.3. The Morgan fingerprint density at radius 1 is 1.02 bits per heavy atom. The molecule has 6 rings (SSSR count). The molecule has 0 unspecified atom stereocenters. The number of pyridine rings is 1. The van der Waals surface area contributed by atoms with E-state index in [-0.39, 0.29) is 45.0 Å². The zero-order valence-corrected chi connectivity index (χ0v) is 30.5. The number of hydrogen-bond donors (Lipinski definition) is 4. The monoisotopic (exact) mass is 751 g/mol. The summed E-state index contributed by atoms with van der Waals surface area (Å²) in [6.07, 6.45) is 1.48. The maximum absolute atomic E-state index is 14.0. The third kappa shape index (κ3) is 8.57. The molecular weight excluding hydrogens is 703 g/mol. The highest BCUT2D eigenvalue weighted by atomic mass is 19.1. The molecule has 1 fully saturated rings. The Morgan fingerprint density at radius 2 is 1.74 bits per heavy atom. The fourth-order valence-electron chi connectivity index (χ4n) is 7.34. The van der Waals surface area contributed by atoms with E-state index in [9.17, 15) is 33.0 Å². The van der Waals surface area contributed by atoms with Gasteiger partial charge in [-0.1, -0.05) is 48.5 Å². The molecule has 54 heavy (non-hydrogen) atoms. The Hall–Kier alpha value is -4.50. The molecule has 11 nitrogen and oxygen atoms in total. The van der Waals surface area contributed by atoms with E-state index in [1.165, 1.54) is 0 Å². The summed E-state index contributed by atoms with van der Waals surface area (Å²) in [5.41, 5.74) is -0.911. The molecule has 0 radical (unpaired) electrons. The Balaban J connectivity index is 1.22. The lowest BCUT2D eigenvalue weighted by Gasteiger charge is -2.47. The molecule has 2 aromatic carbocycles. The van der Waals surface area contributed by atoms with Crippen molar-refractivity contribution in [3.05, 3.63) is 96.0 Å². The number of aliphatic hydroxyl groups is 2. The van der Waals surface area contributed by atoms with Crippen LogP contribution in [0.25, 0.3) is 11.0 Å².